The van der Waals surface area contributed by atoms with Crippen LogP contribution in [0, 0.1) is 10.1 Å². The summed E-state index contributed by atoms with van der Waals surface area (Å²) in [5.74, 6) is 0. The first-order valence-corrected chi connectivity index (χ1v) is 6.32. The Morgan fingerprint density at radius 2 is 1.95 bits per heavy atom. The fourth-order valence-electron chi connectivity index (χ4n) is 1.56. The molecule has 0 fully saturated rings. The Kier molecular flexibility index (Phi) is 7.56. The van der Waals surface area contributed by atoms with Gasteiger partial charge in [0.05, 0.1) is 24.7 Å². The van der Waals surface area contributed by atoms with Crippen molar-refractivity contribution in [1.29, 1.82) is 0 Å². The number of hydrogen-bond acceptors (Lipinski definition) is 6. The summed E-state index contributed by atoms with van der Waals surface area (Å²) < 4.78 is 15.6. The molecule has 2 N–H and O–H groups in total. The third-order valence-corrected chi connectivity index (χ3v) is 2.57. The van der Waals surface area contributed by atoms with Crippen LogP contribution in [0.2, 0.25) is 0 Å². The summed E-state index contributed by atoms with van der Waals surface area (Å²) in [4.78, 5) is 10.1. The summed E-state index contributed by atoms with van der Waals surface area (Å²) >= 11 is 0. The van der Waals surface area contributed by atoms with Gasteiger partial charge in [0.1, 0.15) is 5.69 Å². The van der Waals surface area contributed by atoms with Gasteiger partial charge in [-0.3, -0.25) is 10.1 Å². The first-order chi connectivity index (χ1) is 9.65. The SMILES string of the molecule is COCCOCCCOCc1ccc([N+](=O)[O-])c(N)c1. The standard InChI is InChI=1S/C13H20N2O5/c1-18-7-8-19-5-2-6-20-10-11-3-4-13(15(16)17)12(14)9-11/h3-4,9H,2,5-8,10,14H2,1H3. The zero-order valence-corrected chi connectivity index (χ0v) is 11.5. The van der Waals surface area contributed by atoms with Crippen molar-refractivity contribution in [3.63, 3.8) is 0 Å². The summed E-state index contributed by atoms with van der Waals surface area (Å²) in [6.07, 6.45) is 0.784. The van der Waals surface area contributed by atoms with Gasteiger partial charge in [-0.2, -0.15) is 0 Å². The van der Waals surface area contributed by atoms with E-state index >= 15 is 0 Å². The molecule has 0 amide bonds. The maximum atomic E-state index is 10.6. The molecular weight excluding hydrogens is 264 g/mol. The minimum atomic E-state index is -0.503. The van der Waals surface area contributed by atoms with Crippen molar-refractivity contribution in [2.75, 3.05) is 39.3 Å². The second-order valence-electron chi connectivity index (χ2n) is 4.16. The van der Waals surface area contributed by atoms with E-state index in [0.717, 1.165) is 12.0 Å². The van der Waals surface area contributed by atoms with Crippen LogP contribution >= 0.6 is 0 Å². The van der Waals surface area contributed by atoms with Gasteiger partial charge in [0.15, 0.2) is 0 Å². The summed E-state index contributed by atoms with van der Waals surface area (Å²) in [7, 11) is 1.63. The molecule has 7 nitrogen and oxygen atoms in total. The Labute approximate surface area is 117 Å². The van der Waals surface area contributed by atoms with Crippen LogP contribution in [0.5, 0.6) is 0 Å². The van der Waals surface area contributed by atoms with Crippen LogP contribution in [0.15, 0.2) is 18.2 Å². The van der Waals surface area contributed by atoms with Crippen LogP contribution in [0.25, 0.3) is 0 Å². The normalized spacial score (nSPS) is 10.7. The molecule has 1 aromatic carbocycles. The number of anilines is 1. The maximum absolute atomic E-state index is 10.6. The van der Waals surface area contributed by atoms with Crippen molar-refractivity contribution in [2.24, 2.45) is 0 Å². The highest BCUT2D eigenvalue weighted by atomic mass is 16.6. The number of nitro benzene ring substituents is 1. The second-order valence-corrected chi connectivity index (χ2v) is 4.16. The van der Waals surface area contributed by atoms with E-state index in [0.29, 0.717) is 33.0 Å². The molecule has 0 saturated carbocycles. The highest BCUT2D eigenvalue weighted by Gasteiger charge is 2.10. The van der Waals surface area contributed by atoms with Gasteiger partial charge in [-0.1, -0.05) is 0 Å². The molecule has 0 aliphatic carbocycles. The van der Waals surface area contributed by atoms with Gasteiger partial charge in [-0.15, -0.1) is 0 Å². The number of benzene rings is 1. The number of nitrogens with zero attached hydrogens (tertiary/aromatic N) is 1. The van der Waals surface area contributed by atoms with Crippen LogP contribution in [-0.4, -0.2) is 38.5 Å². The number of hydrogen-bond donors (Lipinski definition) is 1. The van der Waals surface area contributed by atoms with E-state index < -0.39 is 4.92 Å². The molecule has 0 spiro atoms. The third kappa shape index (κ3) is 5.96. The van der Waals surface area contributed by atoms with E-state index in [1.807, 2.05) is 0 Å². The highest BCUT2D eigenvalue weighted by molar-refractivity contribution is 5.59. The zero-order valence-electron chi connectivity index (χ0n) is 11.5. The van der Waals surface area contributed by atoms with Gasteiger partial charge < -0.3 is 19.9 Å². The molecule has 0 atom stereocenters. The molecule has 1 rings (SSSR count). The van der Waals surface area contributed by atoms with E-state index in [4.69, 9.17) is 19.9 Å². The summed E-state index contributed by atoms with van der Waals surface area (Å²) in [5, 5.41) is 10.6. The molecule has 0 aliphatic rings. The number of methoxy groups -OCH3 is 1. The number of nitro groups is 1. The van der Waals surface area contributed by atoms with E-state index in [-0.39, 0.29) is 11.4 Å². The van der Waals surface area contributed by atoms with Crippen molar-refractivity contribution in [2.45, 2.75) is 13.0 Å². The van der Waals surface area contributed by atoms with Crippen LogP contribution < -0.4 is 5.73 Å². The lowest BCUT2D eigenvalue weighted by molar-refractivity contribution is -0.383. The molecule has 0 bridgehead atoms. The van der Waals surface area contributed by atoms with E-state index in [9.17, 15) is 10.1 Å². The average Bonchev–Trinajstić information content (AvgIpc) is 2.41. The molecule has 0 saturated heterocycles. The number of rotatable bonds is 10. The monoisotopic (exact) mass is 284 g/mol. The van der Waals surface area contributed by atoms with Gasteiger partial charge in [-0.05, 0) is 24.1 Å². The van der Waals surface area contributed by atoms with Gasteiger partial charge in [-0.25, -0.2) is 0 Å². The molecule has 112 valence electrons. The molecule has 20 heavy (non-hydrogen) atoms. The van der Waals surface area contributed by atoms with Crippen LogP contribution in [0.3, 0.4) is 0 Å². The van der Waals surface area contributed by atoms with Gasteiger partial charge in [0.2, 0.25) is 0 Å². The Bertz CT molecular complexity index is 425. The molecule has 1 aromatic rings. The molecule has 0 heterocycles. The average molecular weight is 284 g/mol. The van der Waals surface area contributed by atoms with E-state index in [2.05, 4.69) is 0 Å². The number of nitrogens with two attached hydrogens (primary N) is 1. The molecule has 0 unspecified atom stereocenters. The van der Waals surface area contributed by atoms with Crippen LogP contribution in [-0.2, 0) is 20.8 Å². The predicted molar refractivity (Wildman–Crippen MR) is 74.5 cm³/mol. The summed E-state index contributed by atoms with van der Waals surface area (Å²) in [5.41, 5.74) is 6.47. The van der Waals surface area contributed by atoms with Gasteiger partial charge in [0.25, 0.3) is 5.69 Å². The van der Waals surface area contributed by atoms with Crippen molar-refractivity contribution < 1.29 is 19.1 Å². The van der Waals surface area contributed by atoms with Crippen molar-refractivity contribution >= 4 is 11.4 Å². The highest BCUT2D eigenvalue weighted by Crippen LogP contribution is 2.22. The Balaban J connectivity index is 2.19. The Hall–Kier alpha value is -1.70. The van der Waals surface area contributed by atoms with Crippen molar-refractivity contribution in [3.05, 3.63) is 33.9 Å². The fourth-order valence-corrected chi connectivity index (χ4v) is 1.56. The van der Waals surface area contributed by atoms with Crippen LogP contribution in [0.1, 0.15) is 12.0 Å². The Morgan fingerprint density at radius 3 is 2.60 bits per heavy atom. The largest absolute Gasteiger partial charge is 0.393 e. The quantitative estimate of drug-likeness (QED) is 0.304. The molecule has 7 heteroatoms. The zero-order chi connectivity index (χ0) is 14.8. The van der Waals surface area contributed by atoms with Crippen molar-refractivity contribution in [3.8, 4) is 0 Å². The number of ether oxygens (including phenoxy) is 3. The third-order valence-electron chi connectivity index (χ3n) is 2.57. The fraction of sp³-hybridized carbons (Fsp3) is 0.538. The van der Waals surface area contributed by atoms with Gasteiger partial charge >= 0.3 is 0 Å². The number of nitrogen functional groups attached to an aromatic ring is 1. The van der Waals surface area contributed by atoms with E-state index in [1.54, 1.807) is 19.2 Å². The molecular formula is C13H20N2O5. The van der Waals surface area contributed by atoms with Crippen molar-refractivity contribution in [1.82, 2.24) is 0 Å². The first-order valence-electron chi connectivity index (χ1n) is 6.32. The lowest BCUT2D eigenvalue weighted by atomic mass is 10.2. The smallest absolute Gasteiger partial charge is 0.292 e. The Morgan fingerprint density at radius 1 is 1.20 bits per heavy atom. The topological polar surface area (TPSA) is 96.8 Å². The van der Waals surface area contributed by atoms with E-state index in [1.165, 1.54) is 6.07 Å². The molecule has 0 aromatic heterocycles. The predicted octanol–water partition coefficient (Wildman–Crippen LogP) is 1.75. The second kappa shape index (κ2) is 9.24. The first kappa shape index (κ1) is 16.4. The minimum absolute atomic E-state index is 0.0831. The maximum Gasteiger partial charge on any atom is 0.292 e. The lowest BCUT2D eigenvalue weighted by Crippen LogP contribution is -2.05. The molecule has 0 aliphatic heterocycles. The molecule has 0 radical (unpaired) electrons. The minimum Gasteiger partial charge on any atom is -0.393 e. The van der Waals surface area contributed by atoms with Gasteiger partial charge in [0, 0.05) is 26.4 Å². The summed E-state index contributed by atoms with van der Waals surface area (Å²) in [6.45, 7) is 2.72. The lowest BCUT2D eigenvalue weighted by Gasteiger charge is -2.06. The van der Waals surface area contributed by atoms with Crippen LogP contribution in [0.4, 0.5) is 11.4 Å². The summed E-state index contributed by atoms with van der Waals surface area (Å²) in [6, 6.07) is 4.60.